The summed E-state index contributed by atoms with van der Waals surface area (Å²) in [6, 6.07) is 4.99. The molecule has 0 atom stereocenters. The summed E-state index contributed by atoms with van der Waals surface area (Å²) in [5.41, 5.74) is 0.591. The molecule has 1 fully saturated rings. The number of hydrogen-bond donors (Lipinski definition) is 0. The Morgan fingerprint density at radius 3 is 2.44 bits per heavy atom. The molecular weight excluding hydrogens is 293 g/mol. The molecule has 1 heterocycles. The van der Waals surface area contributed by atoms with Gasteiger partial charge in [-0.25, -0.2) is 0 Å². The Hall–Kier alpha value is -0.440. The second-order valence-electron chi connectivity index (χ2n) is 4.52. The van der Waals surface area contributed by atoms with E-state index in [1.807, 2.05) is 4.90 Å². The third-order valence-electron chi connectivity index (χ3n) is 3.29. The van der Waals surface area contributed by atoms with Crippen LogP contribution < -0.4 is 0 Å². The summed E-state index contributed by atoms with van der Waals surface area (Å²) in [7, 11) is 0. The number of piperidine rings is 1. The standard InChI is InChI=1S/C13H14Cl3NO/c14-8-9-3-5-17(6-4-9)13(18)10-1-2-11(15)12(16)7-10/h1-2,7,9H,3-6,8H2. The molecule has 0 unspecified atom stereocenters. The van der Waals surface area contributed by atoms with E-state index in [2.05, 4.69) is 0 Å². The maximum atomic E-state index is 12.2. The fourth-order valence-corrected chi connectivity index (χ4v) is 2.71. The molecule has 98 valence electrons. The van der Waals surface area contributed by atoms with E-state index in [-0.39, 0.29) is 5.91 Å². The molecule has 1 saturated heterocycles. The number of halogens is 3. The minimum Gasteiger partial charge on any atom is -0.339 e. The van der Waals surface area contributed by atoms with Crippen molar-refractivity contribution in [2.24, 2.45) is 5.92 Å². The topological polar surface area (TPSA) is 20.3 Å². The lowest BCUT2D eigenvalue weighted by Crippen LogP contribution is -2.38. The number of benzene rings is 1. The zero-order valence-corrected chi connectivity index (χ0v) is 12.1. The van der Waals surface area contributed by atoms with Crippen LogP contribution in [0.15, 0.2) is 18.2 Å². The van der Waals surface area contributed by atoms with Gasteiger partial charge in [-0.2, -0.15) is 0 Å². The largest absolute Gasteiger partial charge is 0.339 e. The summed E-state index contributed by atoms with van der Waals surface area (Å²) in [6.45, 7) is 1.52. The highest BCUT2D eigenvalue weighted by atomic mass is 35.5. The Labute approximate surface area is 122 Å². The first-order chi connectivity index (χ1) is 8.61. The van der Waals surface area contributed by atoms with Gasteiger partial charge in [-0.1, -0.05) is 23.2 Å². The van der Waals surface area contributed by atoms with Crippen LogP contribution in [0.3, 0.4) is 0 Å². The van der Waals surface area contributed by atoms with Crippen LogP contribution in [0.4, 0.5) is 0 Å². The van der Waals surface area contributed by atoms with Gasteiger partial charge in [0.15, 0.2) is 0 Å². The number of nitrogens with zero attached hydrogens (tertiary/aromatic N) is 1. The number of carbonyl (C=O) groups is 1. The molecule has 1 aromatic carbocycles. The van der Waals surface area contributed by atoms with Crippen molar-refractivity contribution in [1.29, 1.82) is 0 Å². The van der Waals surface area contributed by atoms with Crippen molar-refractivity contribution in [3.8, 4) is 0 Å². The lowest BCUT2D eigenvalue weighted by Gasteiger charge is -2.31. The fourth-order valence-electron chi connectivity index (χ4n) is 2.10. The molecule has 5 heteroatoms. The van der Waals surface area contributed by atoms with Gasteiger partial charge in [-0.05, 0) is 37.0 Å². The third kappa shape index (κ3) is 3.11. The van der Waals surface area contributed by atoms with Gasteiger partial charge in [0.1, 0.15) is 0 Å². The monoisotopic (exact) mass is 305 g/mol. The minimum absolute atomic E-state index is 0.0154. The lowest BCUT2D eigenvalue weighted by atomic mass is 9.98. The van der Waals surface area contributed by atoms with Crippen LogP contribution in [-0.4, -0.2) is 29.8 Å². The number of carbonyl (C=O) groups excluding carboxylic acids is 1. The molecule has 0 radical (unpaired) electrons. The van der Waals surface area contributed by atoms with Crippen molar-refractivity contribution in [1.82, 2.24) is 4.90 Å². The Morgan fingerprint density at radius 2 is 1.89 bits per heavy atom. The number of rotatable bonds is 2. The first-order valence-electron chi connectivity index (χ1n) is 5.92. The third-order valence-corrected chi connectivity index (χ3v) is 4.46. The number of amides is 1. The summed E-state index contributed by atoms with van der Waals surface area (Å²) in [5.74, 6) is 1.22. The van der Waals surface area contributed by atoms with E-state index in [1.165, 1.54) is 0 Å². The van der Waals surface area contributed by atoms with Gasteiger partial charge in [0.05, 0.1) is 10.0 Å². The zero-order chi connectivity index (χ0) is 13.1. The molecule has 0 saturated carbocycles. The Balaban J connectivity index is 2.05. The van der Waals surface area contributed by atoms with Crippen LogP contribution >= 0.6 is 34.8 Å². The Bertz CT molecular complexity index is 442. The van der Waals surface area contributed by atoms with Crippen LogP contribution in [0, 0.1) is 5.92 Å². The van der Waals surface area contributed by atoms with Gasteiger partial charge in [0, 0.05) is 24.5 Å². The summed E-state index contributed by atoms with van der Waals surface area (Å²) >= 11 is 17.6. The Kier molecular flexibility index (Phi) is 4.77. The Morgan fingerprint density at radius 1 is 1.22 bits per heavy atom. The van der Waals surface area contributed by atoms with Crippen molar-refractivity contribution >= 4 is 40.7 Å². The molecule has 2 rings (SSSR count). The molecule has 0 bridgehead atoms. The molecule has 0 aromatic heterocycles. The van der Waals surface area contributed by atoms with E-state index in [9.17, 15) is 4.79 Å². The molecular formula is C13H14Cl3NO. The van der Waals surface area contributed by atoms with Crippen molar-refractivity contribution in [2.75, 3.05) is 19.0 Å². The molecule has 0 N–H and O–H groups in total. The second-order valence-corrected chi connectivity index (χ2v) is 5.64. The number of likely N-dealkylation sites (tertiary alicyclic amines) is 1. The first-order valence-corrected chi connectivity index (χ1v) is 7.21. The first kappa shape index (κ1) is 14.0. The van der Waals surface area contributed by atoms with Crippen LogP contribution in [-0.2, 0) is 0 Å². The summed E-state index contributed by atoms with van der Waals surface area (Å²) < 4.78 is 0. The molecule has 1 aliphatic rings. The molecule has 1 aliphatic heterocycles. The van der Waals surface area contributed by atoms with E-state index < -0.39 is 0 Å². The number of alkyl halides is 1. The predicted octanol–water partition coefficient (Wildman–Crippen LogP) is 4.08. The highest BCUT2D eigenvalue weighted by Crippen LogP contribution is 2.25. The molecule has 2 nitrogen and oxygen atoms in total. The molecule has 1 aromatic rings. The molecule has 1 amide bonds. The second kappa shape index (κ2) is 6.14. The van der Waals surface area contributed by atoms with E-state index in [1.54, 1.807) is 18.2 Å². The van der Waals surface area contributed by atoms with Crippen LogP contribution in [0.5, 0.6) is 0 Å². The van der Waals surface area contributed by atoms with Crippen molar-refractivity contribution in [3.63, 3.8) is 0 Å². The van der Waals surface area contributed by atoms with Crippen LogP contribution in [0.2, 0.25) is 10.0 Å². The maximum absolute atomic E-state index is 12.2. The summed E-state index contributed by atoms with van der Waals surface area (Å²) in [6.07, 6.45) is 1.94. The van der Waals surface area contributed by atoms with E-state index in [0.29, 0.717) is 27.4 Å². The van der Waals surface area contributed by atoms with E-state index in [4.69, 9.17) is 34.8 Å². The summed E-state index contributed by atoms with van der Waals surface area (Å²) in [4.78, 5) is 14.1. The fraction of sp³-hybridized carbons (Fsp3) is 0.462. The highest BCUT2D eigenvalue weighted by Gasteiger charge is 2.23. The van der Waals surface area contributed by atoms with Crippen molar-refractivity contribution < 1.29 is 4.79 Å². The van der Waals surface area contributed by atoms with Crippen LogP contribution in [0.1, 0.15) is 23.2 Å². The van der Waals surface area contributed by atoms with Crippen molar-refractivity contribution in [3.05, 3.63) is 33.8 Å². The number of hydrogen-bond acceptors (Lipinski definition) is 1. The highest BCUT2D eigenvalue weighted by molar-refractivity contribution is 6.42. The molecule has 18 heavy (non-hydrogen) atoms. The van der Waals surface area contributed by atoms with Gasteiger partial charge in [0.25, 0.3) is 5.91 Å². The maximum Gasteiger partial charge on any atom is 0.253 e. The normalized spacial score (nSPS) is 16.9. The molecule has 0 spiro atoms. The molecule has 0 aliphatic carbocycles. The smallest absolute Gasteiger partial charge is 0.253 e. The average molecular weight is 307 g/mol. The predicted molar refractivity (Wildman–Crippen MR) is 75.8 cm³/mol. The average Bonchev–Trinajstić information content (AvgIpc) is 2.41. The lowest BCUT2D eigenvalue weighted by molar-refractivity contribution is 0.0698. The van der Waals surface area contributed by atoms with Crippen molar-refractivity contribution in [2.45, 2.75) is 12.8 Å². The van der Waals surface area contributed by atoms with Gasteiger partial charge in [-0.15, -0.1) is 11.6 Å². The quantitative estimate of drug-likeness (QED) is 0.754. The van der Waals surface area contributed by atoms with E-state index >= 15 is 0 Å². The van der Waals surface area contributed by atoms with Gasteiger partial charge in [-0.3, -0.25) is 4.79 Å². The van der Waals surface area contributed by atoms with Crippen LogP contribution in [0.25, 0.3) is 0 Å². The van der Waals surface area contributed by atoms with Gasteiger partial charge < -0.3 is 4.90 Å². The van der Waals surface area contributed by atoms with E-state index in [0.717, 1.165) is 25.9 Å². The van der Waals surface area contributed by atoms with Gasteiger partial charge in [0.2, 0.25) is 0 Å². The van der Waals surface area contributed by atoms with Gasteiger partial charge >= 0.3 is 0 Å². The SMILES string of the molecule is O=C(c1ccc(Cl)c(Cl)c1)N1CCC(CCl)CC1. The summed E-state index contributed by atoms with van der Waals surface area (Å²) in [5, 5.41) is 0.882. The minimum atomic E-state index is 0.0154. The zero-order valence-electron chi connectivity index (χ0n) is 9.83.